The lowest BCUT2D eigenvalue weighted by molar-refractivity contribution is 0.221. The fourth-order valence-electron chi connectivity index (χ4n) is 2.43. The van der Waals surface area contributed by atoms with Gasteiger partial charge < -0.3 is 10.6 Å². The molecule has 1 aromatic carbocycles. The van der Waals surface area contributed by atoms with Gasteiger partial charge in [-0.2, -0.15) is 0 Å². The van der Waals surface area contributed by atoms with E-state index in [0.29, 0.717) is 17.5 Å². The quantitative estimate of drug-likeness (QED) is 0.821. The summed E-state index contributed by atoms with van der Waals surface area (Å²) < 4.78 is 13.5. The van der Waals surface area contributed by atoms with Gasteiger partial charge in [-0.25, -0.2) is 4.39 Å². The van der Waals surface area contributed by atoms with E-state index in [4.69, 9.17) is 5.73 Å². The zero-order chi connectivity index (χ0) is 15.3. The van der Waals surface area contributed by atoms with Gasteiger partial charge in [0.25, 0.3) is 0 Å². The van der Waals surface area contributed by atoms with Crippen LogP contribution in [0.25, 0.3) is 0 Å². The molecule has 114 valence electrons. The van der Waals surface area contributed by atoms with E-state index in [1.807, 2.05) is 6.07 Å². The Kier molecular flexibility index (Phi) is 6.63. The first-order valence-electron chi connectivity index (χ1n) is 7.53. The standard InChI is InChI=1S/C17H29FN2/c1-12(2)10-14(4)20(5)9-8-17(19)15-7-6-13(3)16(18)11-15/h6-7,11-12,14,17H,8-10,19H2,1-5H3. The minimum Gasteiger partial charge on any atom is -0.324 e. The molecule has 0 aliphatic rings. The van der Waals surface area contributed by atoms with Crippen LogP contribution in [0, 0.1) is 18.7 Å². The van der Waals surface area contributed by atoms with E-state index in [9.17, 15) is 4.39 Å². The molecule has 0 heterocycles. The zero-order valence-electron chi connectivity index (χ0n) is 13.5. The van der Waals surface area contributed by atoms with E-state index >= 15 is 0 Å². The molecule has 0 saturated carbocycles. The lowest BCUT2D eigenvalue weighted by Gasteiger charge is -2.27. The second-order valence-corrected chi connectivity index (χ2v) is 6.36. The van der Waals surface area contributed by atoms with Crippen LogP contribution in [0.1, 0.15) is 50.8 Å². The van der Waals surface area contributed by atoms with Crippen LogP contribution in [0.4, 0.5) is 4.39 Å². The van der Waals surface area contributed by atoms with Gasteiger partial charge >= 0.3 is 0 Å². The Bertz CT molecular complexity index is 417. The molecule has 2 unspecified atom stereocenters. The molecule has 1 rings (SSSR count). The third-order valence-electron chi connectivity index (χ3n) is 3.98. The summed E-state index contributed by atoms with van der Waals surface area (Å²) in [7, 11) is 2.13. The van der Waals surface area contributed by atoms with E-state index in [-0.39, 0.29) is 11.9 Å². The highest BCUT2D eigenvalue weighted by Gasteiger charge is 2.14. The summed E-state index contributed by atoms with van der Waals surface area (Å²) in [5.74, 6) is 0.534. The highest BCUT2D eigenvalue weighted by atomic mass is 19.1. The van der Waals surface area contributed by atoms with Crippen molar-refractivity contribution in [2.24, 2.45) is 11.7 Å². The van der Waals surface area contributed by atoms with E-state index < -0.39 is 0 Å². The monoisotopic (exact) mass is 280 g/mol. The van der Waals surface area contributed by atoms with Crippen molar-refractivity contribution in [2.45, 2.75) is 52.6 Å². The van der Waals surface area contributed by atoms with E-state index in [1.54, 1.807) is 19.1 Å². The highest BCUT2D eigenvalue weighted by Crippen LogP contribution is 2.18. The van der Waals surface area contributed by atoms with Crippen LogP contribution in [-0.4, -0.2) is 24.5 Å². The van der Waals surface area contributed by atoms with Crippen molar-refractivity contribution in [1.82, 2.24) is 4.90 Å². The summed E-state index contributed by atoms with van der Waals surface area (Å²) in [6.07, 6.45) is 2.03. The van der Waals surface area contributed by atoms with Gasteiger partial charge in [0.05, 0.1) is 0 Å². The molecule has 0 aromatic heterocycles. The van der Waals surface area contributed by atoms with E-state index in [0.717, 1.165) is 18.5 Å². The maximum Gasteiger partial charge on any atom is 0.126 e. The molecule has 0 fully saturated rings. The molecule has 2 nitrogen and oxygen atoms in total. The molecular formula is C17H29FN2. The molecule has 1 aromatic rings. The summed E-state index contributed by atoms with van der Waals surface area (Å²) in [6, 6.07) is 5.75. The highest BCUT2D eigenvalue weighted by molar-refractivity contribution is 5.25. The largest absolute Gasteiger partial charge is 0.324 e. The van der Waals surface area contributed by atoms with Gasteiger partial charge in [-0.15, -0.1) is 0 Å². The average Bonchev–Trinajstić information content (AvgIpc) is 2.37. The van der Waals surface area contributed by atoms with E-state index in [2.05, 4.69) is 32.7 Å². The Labute approximate surface area is 123 Å². The van der Waals surface area contributed by atoms with Crippen molar-refractivity contribution in [3.63, 3.8) is 0 Å². The Morgan fingerprint density at radius 3 is 2.45 bits per heavy atom. The number of benzene rings is 1. The first kappa shape index (κ1) is 17.1. The number of halogens is 1. The van der Waals surface area contributed by atoms with Crippen LogP contribution in [0.2, 0.25) is 0 Å². The summed E-state index contributed by atoms with van der Waals surface area (Å²) in [4.78, 5) is 2.34. The Morgan fingerprint density at radius 2 is 1.90 bits per heavy atom. The number of nitrogens with zero attached hydrogens (tertiary/aromatic N) is 1. The Balaban J connectivity index is 2.50. The molecule has 0 saturated heterocycles. The number of rotatable bonds is 7. The SMILES string of the molecule is Cc1ccc(C(N)CCN(C)C(C)CC(C)C)cc1F. The molecule has 0 spiro atoms. The molecule has 3 heteroatoms. The maximum atomic E-state index is 13.5. The van der Waals surface area contributed by atoms with Gasteiger partial charge in [-0.1, -0.05) is 26.0 Å². The second kappa shape index (κ2) is 7.75. The Morgan fingerprint density at radius 1 is 1.25 bits per heavy atom. The molecule has 20 heavy (non-hydrogen) atoms. The third-order valence-corrected chi connectivity index (χ3v) is 3.98. The number of nitrogens with two attached hydrogens (primary N) is 1. The molecule has 0 aliphatic heterocycles. The van der Waals surface area contributed by atoms with Crippen molar-refractivity contribution in [3.8, 4) is 0 Å². The smallest absolute Gasteiger partial charge is 0.126 e. The van der Waals surface area contributed by atoms with Gasteiger partial charge in [0.15, 0.2) is 0 Å². The van der Waals surface area contributed by atoms with Crippen LogP contribution in [-0.2, 0) is 0 Å². The van der Waals surface area contributed by atoms with Crippen LogP contribution in [0.5, 0.6) is 0 Å². The number of aryl methyl sites for hydroxylation is 1. The molecule has 0 amide bonds. The minimum absolute atomic E-state index is 0.0983. The first-order valence-corrected chi connectivity index (χ1v) is 7.53. The molecule has 2 N–H and O–H groups in total. The van der Waals surface area contributed by atoms with Crippen LogP contribution >= 0.6 is 0 Å². The molecule has 0 radical (unpaired) electrons. The fourth-order valence-corrected chi connectivity index (χ4v) is 2.43. The maximum absolute atomic E-state index is 13.5. The van der Waals surface area contributed by atoms with Crippen molar-refractivity contribution >= 4 is 0 Å². The fraction of sp³-hybridized carbons (Fsp3) is 0.647. The second-order valence-electron chi connectivity index (χ2n) is 6.36. The van der Waals surface area contributed by atoms with Crippen molar-refractivity contribution in [1.29, 1.82) is 0 Å². The van der Waals surface area contributed by atoms with Gasteiger partial charge in [-0.3, -0.25) is 0 Å². The predicted molar refractivity (Wildman–Crippen MR) is 84.2 cm³/mol. The van der Waals surface area contributed by atoms with Crippen LogP contribution < -0.4 is 5.73 Å². The van der Waals surface area contributed by atoms with Crippen molar-refractivity contribution in [2.75, 3.05) is 13.6 Å². The molecule has 2 atom stereocenters. The van der Waals surface area contributed by atoms with Gasteiger partial charge in [0.2, 0.25) is 0 Å². The number of hydrogen-bond donors (Lipinski definition) is 1. The summed E-state index contributed by atoms with van der Waals surface area (Å²) in [5, 5.41) is 0. The lowest BCUT2D eigenvalue weighted by Crippen LogP contribution is -2.32. The van der Waals surface area contributed by atoms with Crippen LogP contribution in [0.3, 0.4) is 0 Å². The van der Waals surface area contributed by atoms with Gasteiger partial charge in [0.1, 0.15) is 5.82 Å². The Hall–Kier alpha value is -0.930. The van der Waals surface area contributed by atoms with Crippen molar-refractivity contribution in [3.05, 3.63) is 35.1 Å². The van der Waals surface area contributed by atoms with Gasteiger partial charge in [0, 0.05) is 12.1 Å². The predicted octanol–water partition coefficient (Wildman–Crippen LogP) is 3.89. The normalized spacial score (nSPS) is 14.8. The van der Waals surface area contributed by atoms with Gasteiger partial charge in [-0.05, 0) is 63.4 Å². The summed E-state index contributed by atoms with van der Waals surface area (Å²) in [6.45, 7) is 9.43. The summed E-state index contributed by atoms with van der Waals surface area (Å²) in [5.41, 5.74) is 7.73. The zero-order valence-corrected chi connectivity index (χ0v) is 13.5. The molecule has 0 aliphatic carbocycles. The topological polar surface area (TPSA) is 29.3 Å². The summed E-state index contributed by atoms with van der Waals surface area (Å²) >= 11 is 0. The number of hydrogen-bond acceptors (Lipinski definition) is 2. The average molecular weight is 280 g/mol. The third kappa shape index (κ3) is 5.22. The van der Waals surface area contributed by atoms with Crippen molar-refractivity contribution < 1.29 is 4.39 Å². The van der Waals surface area contributed by atoms with Crippen LogP contribution in [0.15, 0.2) is 18.2 Å². The minimum atomic E-state index is -0.167. The molecule has 0 bridgehead atoms. The molecular weight excluding hydrogens is 251 g/mol. The van der Waals surface area contributed by atoms with E-state index in [1.165, 1.54) is 6.42 Å². The first-order chi connectivity index (χ1) is 9.31. The lowest BCUT2D eigenvalue weighted by atomic mass is 10.0.